The summed E-state index contributed by atoms with van der Waals surface area (Å²) in [5, 5.41) is 10.4. The summed E-state index contributed by atoms with van der Waals surface area (Å²) in [6.07, 6.45) is 5.37. The second-order valence-electron chi connectivity index (χ2n) is 5.79. The van der Waals surface area contributed by atoms with E-state index < -0.39 is 0 Å². The van der Waals surface area contributed by atoms with Crippen LogP contribution in [0.5, 0.6) is 0 Å². The molecule has 0 radical (unpaired) electrons. The van der Waals surface area contributed by atoms with Crippen molar-refractivity contribution in [3.63, 3.8) is 0 Å². The van der Waals surface area contributed by atoms with Crippen LogP contribution in [-0.2, 0) is 12.8 Å². The predicted octanol–water partition coefficient (Wildman–Crippen LogP) is 1.29. The molecule has 1 fully saturated rings. The lowest BCUT2D eigenvalue weighted by Gasteiger charge is -2.35. The smallest absolute Gasteiger partial charge is 0.141 e. The predicted molar refractivity (Wildman–Crippen MR) is 85.2 cm³/mol. The van der Waals surface area contributed by atoms with Crippen LogP contribution in [0.2, 0.25) is 0 Å². The molecule has 0 unspecified atom stereocenters. The van der Waals surface area contributed by atoms with Gasteiger partial charge >= 0.3 is 0 Å². The Labute approximate surface area is 128 Å². The van der Waals surface area contributed by atoms with Crippen molar-refractivity contribution in [1.82, 2.24) is 14.9 Å². The Kier molecular flexibility index (Phi) is 3.52. The summed E-state index contributed by atoms with van der Waals surface area (Å²) in [5.41, 5.74) is 1.50. The summed E-state index contributed by atoms with van der Waals surface area (Å²) in [6.45, 7) is 4.99. The van der Waals surface area contributed by atoms with E-state index in [1.165, 1.54) is 35.1 Å². The molecule has 0 aromatic carbocycles. The zero-order valence-corrected chi connectivity index (χ0v) is 12.9. The van der Waals surface area contributed by atoms with Crippen LogP contribution in [0.15, 0.2) is 6.33 Å². The van der Waals surface area contributed by atoms with E-state index in [-0.39, 0.29) is 6.61 Å². The SMILES string of the molecule is OCCN1CCN(c2ncnc3sc4c(c23)CCC4)CC1. The summed E-state index contributed by atoms with van der Waals surface area (Å²) in [7, 11) is 0. The van der Waals surface area contributed by atoms with Crippen molar-refractivity contribution in [2.75, 3.05) is 44.2 Å². The van der Waals surface area contributed by atoms with Crippen LogP contribution in [0.25, 0.3) is 10.2 Å². The van der Waals surface area contributed by atoms with E-state index in [2.05, 4.69) is 19.8 Å². The number of hydrogen-bond acceptors (Lipinski definition) is 6. The Hall–Kier alpha value is -1.24. The minimum atomic E-state index is 0.246. The number of aliphatic hydroxyl groups excluding tert-OH is 1. The topological polar surface area (TPSA) is 52.5 Å². The fourth-order valence-electron chi connectivity index (χ4n) is 3.48. The average Bonchev–Trinajstić information content (AvgIpc) is 3.08. The maximum absolute atomic E-state index is 9.05. The molecular weight excluding hydrogens is 284 g/mol. The lowest BCUT2D eigenvalue weighted by molar-refractivity contribution is 0.188. The van der Waals surface area contributed by atoms with Gasteiger partial charge in [0.25, 0.3) is 0 Å². The summed E-state index contributed by atoms with van der Waals surface area (Å²) >= 11 is 1.85. The Morgan fingerprint density at radius 3 is 2.81 bits per heavy atom. The van der Waals surface area contributed by atoms with Crippen LogP contribution in [0.3, 0.4) is 0 Å². The molecule has 112 valence electrons. The van der Waals surface area contributed by atoms with Crippen molar-refractivity contribution in [2.45, 2.75) is 19.3 Å². The van der Waals surface area contributed by atoms with E-state index in [1.807, 2.05) is 11.3 Å². The van der Waals surface area contributed by atoms with Gasteiger partial charge in [-0.3, -0.25) is 4.90 Å². The number of fused-ring (bicyclic) bond motifs is 3. The second kappa shape index (κ2) is 5.51. The molecule has 1 aliphatic carbocycles. The van der Waals surface area contributed by atoms with E-state index in [4.69, 9.17) is 5.11 Å². The van der Waals surface area contributed by atoms with Crippen molar-refractivity contribution in [2.24, 2.45) is 0 Å². The number of rotatable bonds is 3. The van der Waals surface area contributed by atoms with Crippen molar-refractivity contribution >= 4 is 27.4 Å². The molecule has 2 aromatic heterocycles. The first kappa shape index (κ1) is 13.4. The average molecular weight is 304 g/mol. The molecule has 1 aliphatic heterocycles. The number of piperazine rings is 1. The highest BCUT2D eigenvalue weighted by Gasteiger charge is 2.25. The van der Waals surface area contributed by atoms with Crippen LogP contribution < -0.4 is 4.90 Å². The Bertz CT molecular complexity index is 648. The molecule has 5 nitrogen and oxygen atoms in total. The molecule has 2 aromatic rings. The molecule has 0 bridgehead atoms. The number of hydrogen-bond donors (Lipinski definition) is 1. The van der Waals surface area contributed by atoms with Gasteiger partial charge in [-0.2, -0.15) is 0 Å². The van der Waals surface area contributed by atoms with Gasteiger partial charge in [0.05, 0.1) is 12.0 Å². The van der Waals surface area contributed by atoms with Gasteiger partial charge in [-0.15, -0.1) is 11.3 Å². The van der Waals surface area contributed by atoms with Gasteiger partial charge in [0, 0.05) is 37.6 Å². The summed E-state index contributed by atoms with van der Waals surface area (Å²) in [4.78, 5) is 16.5. The summed E-state index contributed by atoms with van der Waals surface area (Å²) in [6, 6.07) is 0. The van der Waals surface area contributed by atoms with Gasteiger partial charge in [0.2, 0.25) is 0 Å². The minimum absolute atomic E-state index is 0.246. The van der Waals surface area contributed by atoms with Gasteiger partial charge in [-0.05, 0) is 24.8 Å². The highest BCUT2D eigenvalue weighted by atomic mass is 32.1. The standard InChI is InChI=1S/C15H20N4OS/c20-9-8-18-4-6-19(7-5-18)14-13-11-2-1-3-12(11)21-15(13)17-10-16-14/h10,20H,1-9H2. The van der Waals surface area contributed by atoms with Gasteiger partial charge in [0.1, 0.15) is 17.0 Å². The van der Waals surface area contributed by atoms with Crippen LogP contribution in [0, 0.1) is 0 Å². The Morgan fingerprint density at radius 2 is 2.00 bits per heavy atom. The van der Waals surface area contributed by atoms with Crippen molar-refractivity contribution in [3.8, 4) is 0 Å². The van der Waals surface area contributed by atoms with Crippen molar-refractivity contribution < 1.29 is 5.11 Å². The number of aromatic nitrogens is 2. The quantitative estimate of drug-likeness (QED) is 0.926. The fraction of sp³-hybridized carbons (Fsp3) is 0.600. The van der Waals surface area contributed by atoms with E-state index in [1.54, 1.807) is 6.33 Å². The molecule has 4 rings (SSSR count). The highest BCUT2D eigenvalue weighted by molar-refractivity contribution is 7.19. The second-order valence-corrected chi connectivity index (χ2v) is 6.87. The molecule has 1 N–H and O–H groups in total. The number of β-amino-alcohol motifs (C(OH)–C–C–N with tert-alkyl or cyclic N) is 1. The molecule has 3 heterocycles. The minimum Gasteiger partial charge on any atom is -0.395 e. The lowest BCUT2D eigenvalue weighted by atomic mass is 10.1. The lowest BCUT2D eigenvalue weighted by Crippen LogP contribution is -2.47. The number of aryl methyl sites for hydroxylation is 2. The molecule has 0 atom stereocenters. The molecule has 6 heteroatoms. The summed E-state index contributed by atoms with van der Waals surface area (Å²) < 4.78 is 0. The molecule has 21 heavy (non-hydrogen) atoms. The number of nitrogens with zero attached hydrogens (tertiary/aromatic N) is 4. The van der Waals surface area contributed by atoms with Gasteiger partial charge in [0.15, 0.2) is 0 Å². The first-order valence-electron chi connectivity index (χ1n) is 7.70. The van der Waals surface area contributed by atoms with Crippen LogP contribution in [-0.4, -0.2) is 59.3 Å². The first-order chi connectivity index (χ1) is 10.4. The normalized spacial score (nSPS) is 19.4. The molecular formula is C15H20N4OS. The van der Waals surface area contributed by atoms with Gasteiger partial charge in [-0.1, -0.05) is 0 Å². The monoisotopic (exact) mass is 304 g/mol. The fourth-order valence-corrected chi connectivity index (χ4v) is 4.70. The van der Waals surface area contributed by atoms with Crippen LogP contribution in [0.1, 0.15) is 16.9 Å². The van der Waals surface area contributed by atoms with Crippen LogP contribution in [0.4, 0.5) is 5.82 Å². The van der Waals surface area contributed by atoms with E-state index in [9.17, 15) is 0 Å². The molecule has 1 saturated heterocycles. The van der Waals surface area contributed by atoms with E-state index >= 15 is 0 Å². The number of aliphatic hydroxyl groups is 1. The third kappa shape index (κ3) is 2.31. The van der Waals surface area contributed by atoms with E-state index in [0.29, 0.717) is 0 Å². The zero-order chi connectivity index (χ0) is 14.2. The van der Waals surface area contributed by atoms with Crippen LogP contribution >= 0.6 is 11.3 Å². The maximum atomic E-state index is 9.05. The number of anilines is 1. The summed E-state index contributed by atoms with van der Waals surface area (Å²) in [5.74, 6) is 1.13. The first-order valence-corrected chi connectivity index (χ1v) is 8.52. The Morgan fingerprint density at radius 1 is 1.14 bits per heavy atom. The molecule has 0 saturated carbocycles. The van der Waals surface area contributed by atoms with Gasteiger partial charge < -0.3 is 10.0 Å². The number of thiophene rings is 1. The van der Waals surface area contributed by atoms with Crippen molar-refractivity contribution in [3.05, 3.63) is 16.8 Å². The molecule has 0 amide bonds. The van der Waals surface area contributed by atoms with E-state index in [0.717, 1.165) is 43.4 Å². The largest absolute Gasteiger partial charge is 0.395 e. The maximum Gasteiger partial charge on any atom is 0.141 e. The Balaban J connectivity index is 1.65. The molecule has 0 spiro atoms. The van der Waals surface area contributed by atoms with Crippen molar-refractivity contribution in [1.29, 1.82) is 0 Å². The zero-order valence-electron chi connectivity index (χ0n) is 12.1. The highest BCUT2D eigenvalue weighted by Crippen LogP contribution is 2.40. The molecule has 2 aliphatic rings. The van der Waals surface area contributed by atoms with Gasteiger partial charge in [-0.25, -0.2) is 9.97 Å². The third-order valence-corrected chi connectivity index (χ3v) is 5.77. The third-order valence-electron chi connectivity index (χ3n) is 4.57.